The second-order valence-corrected chi connectivity index (χ2v) is 5.99. The first-order chi connectivity index (χ1) is 9.93. The Morgan fingerprint density at radius 1 is 1.33 bits per heavy atom. The van der Waals surface area contributed by atoms with Gasteiger partial charge in [-0.05, 0) is 30.2 Å². The van der Waals surface area contributed by atoms with Crippen LogP contribution in [0.2, 0.25) is 0 Å². The highest BCUT2D eigenvalue weighted by Gasteiger charge is 2.52. The molecule has 0 saturated heterocycles. The highest BCUT2D eigenvalue weighted by Crippen LogP contribution is 2.42. The summed E-state index contributed by atoms with van der Waals surface area (Å²) in [7, 11) is 0. The number of hydrogen-bond acceptors (Lipinski definition) is 3. The maximum atomic E-state index is 11.8. The number of carbonyl (C=O) groups is 2. The fourth-order valence-electron chi connectivity index (χ4n) is 2.59. The van der Waals surface area contributed by atoms with Crippen molar-refractivity contribution in [1.29, 1.82) is 0 Å². The molecule has 21 heavy (non-hydrogen) atoms. The molecule has 0 radical (unpaired) electrons. The molecule has 0 atom stereocenters. The Bertz CT molecular complexity index is 506. The van der Waals surface area contributed by atoms with Crippen molar-refractivity contribution in [2.75, 3.05) is 0 Å². The van der Waals surface area contributed by atoms with Gasteiger partial charge in [0.15, 0.2) is 0 Å². The molecule has 1 saturated carbocycles. The van der Waals surface area contributed by atoms with Crippen molar-refractivity contribution in [3.05, 3.63) is 35.9 Å². The van der Waals surface area contributed by atoms with Gasteiger partial charge < -0.3 is 15.2 Å². The largest absolute Gasteiger partial charge is 0.480 e. The van der Waals surface area contributed by atoms with Crippen LogP contribution in [0.4, 0.5) is 4.79 Å². The number of carboxylic acid groups (broad SMARTS) is 1. The third-order valence-corrected chi connectivity index (χ3v) is 4.13. The van der Waals surface area contributed by atoms with Gasteiger partial charge in [0.05, 0.1) is 0 Å². The van der Waals surface area contributed by atoms with Crippen molar-refractivity contribution in [1.82, 2.24) is 5.32 Å². The lowest BCUT2D eigenvalue weighted by atomic mass is 9.64. The van der Waals surface area contributed by atoms with Gasteiger partial charge in [0.1, 0.15) is 12.1 Å². The van der Waals surface area contributed by atoms with Gasteiger partial charge in [0, 0.05) is 0 Å². The molecular formula is C16H21NO4. The third-order valence-electron chi connectivity index (χ3n) is 4.13. The van der Waals surface area contributed by atoms with Crippen molar-refractivity contribution in [2.45, 2.75) is 38.8 Å². The van der Waals surface area contributed by atoms with Crippen molar-refractivity contribution < 1.29 is 19.4 Å². The summed E-state index contributed by atoms with van der Waals surface area (Å²) in [5.74, 6) is -0.244. The zero-order valence-corrected chi connectivity index (χ0v) is 12.3. The van der Waals surface area contributed by atoms with E-state index in [9.17, 15) is 14.7 Å². The SMILES string of the molecule is CC(C)C1CC(NC(=O)OCc2ccccc2)(C(=O)O)C1. The Hall–Kier alpha value is -2.04. The average Bonchev–Trinajstić information content (AvgIpc) is 2.40. The molecule has 1 aromatic carbocycles. The second kappa shape index (κ2) is 6.16. The number of ether oxygens (including phenoxy) is 1. The van der Waals surface area contributed by atoms with E-state index in [1.807, 2.05) is 30.3 Å². The van der Waals surface area contributed by atoms with E-state index in [1.54, 1.807) is 0 Å². The first kappa shape index (κ1) is 15.4. The molecule has 2 N–H and O–H groups in total. The Kier molecular flexibility index (Phi) is 4.50. The number of carbonyl (C=O) groups excluding carboxylic acids is 1. The summed E-state index contributed by atoms with van der Waals surface area (Å²) in [6.45, 7) is 4.25. The van der Waals surface area contributed by atoms with E-state index in [2.05, 4.69) is 19.2 Å². The van der Waals surface area contributed by atoms with Crippen LogP contribution in [0.1, 0.15) is 32.3 Å². The first-order valence-electron chi connectivity index (χ1n) is 7.15. The molecule has 0 aliphatic heterocycles. The van der Waals surface area contributed by atoms with Gasteiger partial charge in [-0.15, -0.1) is 0 Å². The van der Waals surface area contributed by atoms with Gasteiger partial charge in [-0.2, -0.15) is 0 Å². The molecule has 1 aromatic rings. The molecule has 1 aliphatic carbocycles. The highest BCUT2D eigenvalue weighted by atomic mass is 16.5. The second-order valence-electron chi connectivity index (χ2n) is 5.99. The number of carboxylic acids is 1. The molecule has 114 valence electrons. The van der Waals surface area contributed by atoms with E-state index in [0.29, 0.717) is 24.7 Å². The molecule has 5 nitrogen and oxygen atoms in total. The van der Waals surface area contributed by atoms with Crippen LogP contribution in [0, 0.1) is 11.8 Å². The number of benzene rings is 1. The molecule has 0 unspecified atom stereocenters. The van der Waals surface area contributed by atoms with Crippen molar-refractivity contribution >= 4 is 12.1 Å². The quantitative estimate of drug-likeness (QED) is 0.874. The molecular weight excluding hydrogens is 270 g/mol. The van der Waals surface area contributed by atoms with Gasteiger partial charge in [-0.1, -0.05) is 44.2 Å². The monoisotopic (exact) mass is 291 g/mol. The summed E-state index contributed by atoms with van der Waals surface area (Å²) in [6, 6.07) is 9.28. The standard InChI is InChI=1S/C16H21NO4/c1-11(2)13-8-16(9-13,14(18)19)17-15(20)21-10-12-6-4-3-5-7-12/h3-7,11,13H,8-10H2,1-2H3,(H,17,20)(H,18,19). The summed E-state index contributed by atoms with van der Waals surface area (Å²) in [4.78, 5) is 23.2. The molecule has 1 aliphatic rings. The summed E-state index contributed by atoms with van der Waals surface area (Å²) < 4.78 is 5.09. The Balaban J connectivity index is 1.87. The van der Waals surface area contributed by atoms with Crippen LogP contribution in [0.15, 0.2) is 30.3 Å². The van der Waals surface area contributed by atoms with Gasteiger partial charge in [-0.25, -0.2) is 9.59 Å². The number of hydrogen-bond donors (Lipinski definition) is 2. The molecule has 0 spiro atoms. The van der Waals surface area contributed by atoms with Crippen molar-refractivity contribution in [3.8, 4) is 0 Å². The lowest BCUT2D eigenvalue weighted by Gasteiger charge is -2.46. The smallest absolute Gasteiger partial charge is 0.408 e. The fourth-order valence-corrected chi connectivity index (χ4v) is 2.59. The third kappa shape index (κ3) is 3.54. The van der Waals surface area contributed by atoms with Crippen LogP contribution < -0.4 is 5.32 Å². The minimum atomic E-state index is -1.16. The molecule has 5 heteroatoms. The van der Waals surface area contributed by atoms with E-state index < -0.39 is 17.6 Å². The van der Waals surface area contributed by atoms with E-state index in [-0.39, 0.29) is 6.61 Å². The zero-order valence-electron chi connectivity index (χ0n) is 12.3. The summed E-state index contributed by atoms with van der Waals surface area (Å²) in [5.41, 5.74) is -0.298. The first-order valence-corrected chi connectivity index (χ1v) is 7.15. The maximum absolute atomic E-state index is 11.8. The van der Waals surface area contributed by atoms with E-state index >= 15 is 0 Å². The van der Waals surface area contributed by atoms with Gasteiger partial charge in [0.25, 0.3) is 0 Å². The van der Waals surface area contributed by atoms with E-state index in [4.69, 9.17) is 4.74 Å². The fraction of sp³-hybridized carbons (Fsp3) is 0.500. The number of amides is 1. The lowest BCUT2D eigenvalue weighted by Crippen LogP contribution is -2.63. The number of alkyl carbamates (subject to hydrolysis) is 1. The van der Waals surface area contributed by atoms with E-state index in [0.717, 1.165) is 5.56 Å². The average molecular weight is 291 g/mol. The molecule has 0 aromatic heterocycles. The van der Waals surface area contributed by atoms with Gasteiger partial charge in [0.2, 0.25) is 0 Å². The number of aliphatic carboxylic acids is 1. The minimum Gasteiger partial charge on any atom is -0.480 e. The van der Waals surface area contributed by atoms with Crippen LogP contribution in [0.5, 0.6) is 0 Å². The van der Waals surface area contributed by atoms with Crippen LogP contribution in [0.25, 0.3) is 0 Å². The highest BCUT2D eigenvalue weighted by molar-refractivity contribution is 5.85. The molecule has 0 heterocycles. The van der Waals surface area contributed by atoms with Gasteiger partial charge >= 0.3 is 12.1 Å². The zero-order chi connectivity index (χ0) is 15.5. The molecule has 1 fully saturated rings. The molecule has 2 rings (SSSR count). The Morgan fingerprint density at radius 3 is 2.48 bits per heavy atom. The summed E-state index contributed by atoms with van der Waals surface area (Å²) in [5, 5.41) is 11.9. The van der Waals surface area contributed by atoms with Crippen LogP contribution in [0.3, 0.4) is 0 Å². The van der Waals surface area contributed by atoms with E-state index in [1.165, 1.54) is 0 Å². The predicted octanol–water partition coefficient (Wildman–Crippen LogP) is 2.80. The van der Waals surface area contributed by atoms with Crippen molar-refractivity contribution in [2.24, 2.45) is 11.8 Å². The summed E-state index contributed by atoms with van der Waals surface area (Å²) >= 11 is 0. The number of nitrogens with one attached hydrogen (secondary N) is 1. The van der Waals surface area contributed by atoms with Crippen LogP contribution in [-0.2, 0) is 16.1 Å². The lowest BCUT2D eigenvalue weighted by molar-refractivity contribution is -0.152. The predicted molar refractivity (Wildman–Crippen MR) is 77.7 cm³/mol. The van der Waals surface area contributed by atoms with Crippen LogP contribution in [-0.4, -0.2) is 22.7 Å². The van der Waals surface area contributed by atoms with Crippen LogP contribution >= 0.6 is 0 Å². The maximum Gasteiger partial charge on any atom is 0.408 e. The van der Waals surface area contributed by atoms with Crippen molar-refractivity contribution in [3.63, 3.8) is 0 Å². The normalized spacial score (nSPS) is 24.2. The molecule has 0 bridgehead atoms. The summed E-state index contributed by atoms with van der Waals surface area (Å²) in [6.07, 6.45) is 0.240. The minimum absolute atomic E-state index is 0.135. The topological polar surface area (TPSA) is 75.6 Å². The Labute approximate surface area is 124 Å². The molecule has 1 amide bonds. The Morgan fingerprint density at radius 2 is 1.95 bits per heavy atom. The van der Waals surface area contributed by atoms with Gasteiger partial charge in [-0.3, -0.25) is 0 Å². The number of rotatable bonds is 5.